The summed E-state index contributed by atoms with van der Waals surface area (Å²) in [6.07, 6.45) is 4.33. The second-order valence-corrected chi connectivity index (χ2v) is 5.26. The molecule has 1 aliphatic rings. The van der Waals surface area contributed by atoms with E-state index < -0.39 is 0 Å². The lowest BCUT2D eigenvalue weighted by molar-refractivity contribution is -0.130. The topological polar surface area (TPSA) is 20.3 Å². The first-order chi connectivity index (χ1) is 7.25. The maximum Gasteiger partial charge on any atom is 0.230 e. The van der Waals surface area contributed by atoms with Crippen molar-refractivity contribution in [1.82, 2.24) is 4.90 Å². The van der Waals surface area contributed by atoms with Crippen molar-refractivity contribution in [1.29, 1.82) is 0 Å². The molecule has 0 bridgehead atoms. The number of amides is 1. The van der Waals surface area contributed by atoms with Crippen LogP contribution in [0, 0.1) is 5.92 Å². The molecule has 0 atom stereocenters. The molecule has 0 aromatic heterocycles. The second-order valence-electron chi connectivity index (χ2n) is 5.26. The summed E-state index contributed by atoms with van der Waals surface area (Å²) in [7, 11) is 0. The predicted octanol–water partition coefficient (Wildman–Crippen LogP) is 4.22. The summed E-state index contributed by atoms with van der Waals surface area (Å²) >= 11 is 0. The Hall–Kier alpha value is -0.790. The molecule has 96 valence electrons. The van der Waals surface area contributed by atoms with Crippen LogP contribution in [0.25, 0.3) is 0 Å². The van der Waals surface area contributed by atoms with Gasteiger partial charge in [-0.15, -0.1) is 0 Å². The van der Waals surface area contributed by atoms with E-state index in [1.54, 1.807) is 4.90 Å². The molecule has 2 nitrogen and oxygen atoms in total. The maximum absolute atomic E-state index is 11.1. The van der Waals surface area contributed by atoms with Gasteiger partial charge in [0.25, 0.3) is 0 Å². The van der Waals surface area contributed by atoms with Crippen LogP contribution < -0.4 is 0 Å². The first kappa shape index (κ1) is 17.6. The van der Waals surface area contributed by atoms with Crippen LogP contribution in [0.5, 0.6) is 0 Å². The Kier molecular flexibility index (Phi) is 9.21. The normalized spacial score (nSPS) is 14.3. The van der Waals surface area contributed by atoms with Crippen molar-refractivity contribution in [3.63, 3.8) is 0 Å². The van der Waals surface area contributed by atoms with E-state index in [4.69, 9.17) is 0 Å². The smallest absolute Gasteiger partial charge is 0.230 e. The van der Waals surface area contributed by atoms with Crippen LogP contribution in [-0.4, -0.2) is 16.3 Å². The molecule has 2 heteroatoms. The third-order valence-corrected chi connectivity index (χ3v) is 1.54. The molecule has 1 aliphatic heterocycles. The lowest BCUT2D eigenvalue weighted by atomic mass is 10.1. The summed E-state index contributed by atoms with van der Waals surface area (Å²) in [5.41, 5.74) is -0.0515. The van der Waals surface area contributed by atoms with E-state index in [0.717, 1.165) is 5.92 Å². The Labute approximate surface area is 102 Å². The molecule has 0 fully saturated rings. The van der Waals surface area contributed by atoms with Crippen molar-refractivity contribution in [2.75, 3.05) is 0 Å². The quantitative estimate of drug-likeness (QED) is 0.607. The van der Waals surface area contributed by atoms with Crippen LogP contribution in [-0.2, 0) is 4.79 Å². The largest absolute Gasteiger partial charge is 0.314 e. The summed E-state index contributed by atoms with van der Waals surface area (Å²) in [4.78, 5) is 12.9. The molecule has 0 spiro atoms. The van der Waals surface area contributed by atoms with E-state index in [1.807, 2.05) is 46.9 Å². The van der Waals surface area contributed by atoms with Crippen LogP contribution in [0.4, 0.5) is 0 Å². The lowest BCUT2D eigenvalue weighted by Gasteiger charge is -2.29. The fourth-order valence-corrected chi connectivity index (χ4v) is 1.04. The zero-order chi connectivity index (χ0) is 13.4. The van der Waals surface area contributed by atoms with Gasteiger partial charge in [-0.05, 0) is 26.7 Å². The number of carbonyl (C=O) groups excluding carboxylic acids is 1. The Morgan fingerprint density at radius 1 is 1.19 bits per heavy atom. The molecule has 0 saturated heterocycles. The third kappa shape index (κ3) is 8.51. The second kappa shape index (κ2) is 8.37. The summed E-state index contributed by atoms with van der Waals surface area (Å²) in [6.45, 7) is 16.6. The first-order valence-corrected chi connectivity index (χ1v) is 6.24. The highest BCUT2D eigenvalue weighted by Gasteiger charge is 2.26. The van der Waals surface area contributed by atoms with Crippen LogP contribution in [0.1, 0.15) is 61.8 Å². The summed E-state index contributed by atoms with van der Waals surface area (Å²) in [6, 6.07) is 0. The number of hydrogen-bond donors (Lipinski definition) is 0. The Morgan fingerprint density at radius 3 is 1.69 bits per heavy atom. The Balaban J connectivity index is 0. The van der Waals surface area contributed by atoms with Gasteiger partial charge < -0.3 is 4.90 Å². The number of hydrogen-bond acceptors (Lipinski definition) is 1. The van der Waals surface area contributed by atoms with Gasteiger partial charge in [0, 0.05) is 18.2 Å². The summed E-state index contributed by atoms with van der Waals surface area (Å²) in [5, 5.41) is 0. The van der Waals surface area contributed by atoms with Crippen molar-refractivity contribution in [3.8, 4) is 0 Å². The van der Waals surface area contributed by atoms with Crippen LogP contribution in [0.2, 0.25) is 0 Å². The van der Waals surface area contributed by atoms with Crippen LogP contribution in [0.15, 0.2) is 12.3 Å². The number of nitrogens with zero attached hydrogens (tertiary/aromatic N) is 1. The van der Waals surface area contributed by atoms with Gasteiger partial charge in [-0.3, -0.25) is 4.79 Å². The molecule has 0 aromatic carbocycles. The molecular formula is C14H29NO. The predicted molar refractivity (Wildman–Crippen MR) is 72.2 cm³/mol. The molecule has 0 saturated carbocycles. The molecule has 16 heavy (non-hydrogen) atoms. The monoisotopic (exact) mass is 227 g/mol. The molecule has 0 aliphatic carbocycles. The van der Waals surface area contributed by atoms with Crippen LogP contribution in [0.3, 0.4) is 0 Å². The number of rotatable bonds is 0. The van der Waals surface area contributed by atoms with Gasteiger partial charge >= 0.3 is 0 Å². The van der Waals surface area contributed by atoms with E-state index in [2.05, 4.69) is 20.8 Å². The molecule has 0 unspecified atom stereocenters. The van der Waals surface area contributed by atoms with Gasteiger partial charge in [-0.2, -0.15) is 0 Å². The number of carbonyl (C=O) groups is 1. The Morgan fingerprint density at radius 2 is 1.56 bits per heavy atom. The van der Waals surface area contributed by atoms with Crippen molar-refractivity contribution < 1.29 is 4.79 Å². The van der Waals surface area contributed by atoms with E-state index in [9.17, 15) is 4.79 Å². The highest BCUT2D eigenvalue weighted by Crippen LogP contribution is 2.19. The third-order valence-electron chi connectivity index (χ3n) is 1.54. The molecule has 1 heterocycles. The van der Waals surface area contributed by atoms with Crippen molar-refractivity contribution in [3.05, 3.63) is 12.3 Å². The average Bonchev–Trinajstić information content (AvgIpc) is 2.53. The van der Waals surface area contributed by atoms with Gasteiger partial charge in [-0.25, -0.2) is 0 Å². The minimum atomic E-state index is -0.0515. The maximum atomic E-state index is 11.1. The first-order valence-electron chi connectivity index (χ1n) is 6.24. The fourth-order valence-electron chi connectivity index (χ4n) is 1.04. The SMILES string of the molecule is CC.CC(C)(C)N1C=CCC1=O.CC(C)C. The lowest BCUT2D eigenvalue weighted by Crippen LogP contribution is -2.39. The molecule has 1 amide bonds. The minimum Gasteiger partial charge on any atom is -0.314 e. The average molecular weight is 227 g/mol. The molecular weight excluding hydrogens is 198 g/mol. The summed E-state index contributed by atoms with van der Waals surface area (Å²) < 4.78 is 0. The zero-order valence-electron chi connectivity index (χ0n) is 12.3. The van der Waals surface area contributed by atoms with E-state index in [-0.39, 0.29) is 11.4 Å². The van der Waals surface area contributed by atoms with Gasteiger partial charge in [0.1, 0.15) is 0 Å². The van der Waals surface area contributed by atoms with Crippen molar-refractivity contribution in [2.45, 2.75) is 67.3 Å². The van der Waals surface area contributed by atoms with Gasteiger partial charge in [0.2, 0.25) is 5.91 Å². The van der Waals surface area contributed by atoms with E-state index in [1.165, 1.54) is 0 Å². The molecule has 0 N–H and O–H groups in total. The highest BCUT2D eigenvalue weighted by molar-refractivity contribution is 5.81. The van der Waals surface area contributed by atoms with Gasteiger partial charge in [0.05, 0.1) is 0 Å². The van der Waals surface area contributed by atoms with Crippen LogP contribution >= 0.6 is 0 Å². The van der Waals surface area contributed by atoms with E-state index in [0.29, 0.717) is 6.42 Å². The standard InChI is InChI=1S/C8H13NO.C4H10.C2H6/c1-8(2,3)9-6-4-5-7(9)10;1-4(2)3;1-2/h4,6H,5H2,1-3H3;4H,1-3H3;1-2H3. The van der Waals surface area contributed by atoms with Gasteiger partial charge in [-0.1, -0.05) is 40.7 Å². The zero-order valence-corrected chi connectivity index (χ0v) is 12.3. The molecule has 1 rings (SSSR count). The Bertz CT molecular complexity index is 209. The van der Waals surface area contributed by atoms with E-state index >= 15 is 0 Å². The molecule has 0 aromatic rings. The van der Waals surface area contributed by atoms with Crippen molar-refractivity contribution in [2.24, 2.45) is 5.92 Å². The van der Waals surface area contributed by atoms with Gasteiger partial charge in [0.15, 0.2) is 0 Å². The fraction of sp³-hybridized carbons (Fsp3) is 0.786. The summed E-state index contributed by atoms with van der Waals surface area (Å²) in [5.74, 6) is 1.03. The molecule has 0 radical (unpaired) electrons. The van der Waals surface area contributed by atoms with Crippen molar-refractivity contribution >= 4 is 5.91 Å². The highest BCUT2D eigenvalue weighted by atomic mass is 16.2. The minimum absolute atomic E-state index is 0.0515.